The smallest absolute Gasteiger partial charge is 0.240 e. The lowest BCUT2D eigenvalue weighted by Crippen LogP contribution is -2.32. The van der Waals surface area contributed by atoms with Gasteiger partial charge in [-0.3, -0.25) is 4.79 Å². The summed E-state index contributed by atoms with van der Waals surface area (Å²) in [5.74, 6) is 0.600. The molecule has 1 atom stereocenters. The number of hydrogen-bond acceptors (Lipinski definition) is 6. The predicted octanol–water partition coefficient (Wildman–Crippen LogP) is 3.18. The summed E-state index contributed by atoms with van der Waals surface area (Å²) in [5, 5.41) is 7.08. The summed E-state index contributed by atoms with van der Waals surface area (Å²) >= 11 is 0. The van der Waals surface area contributed by atoms with Crippen LogP contribution in [0.5, 0.6) is 0 Å². The number of rotatable bonds is 4. The molecule has 4 aromatic rings. The van der Waals surface area contributed by atoms with Crippen LogP contribution in [0.25, 0.3) is 17.2 Å². The minimum atomic E-state index is -1.01. The molecule has 0 radical (unpaired) electrons. The number of nitrogens with zero attached hydrogens (tertiary/aromatic N) is 6. The first-order valence-corrected chi connectivity index (χ1v) is 10.0. The number of nitrogens with one attached hydrogen (secondary N) is 1. The Hall–Kier alpha value is -3.75. The number of amides is 1. The lowest BCUT2D eigenvalue weighted by Gasteiger charge is -2.22. The SMILES string of the molecule is CC(C)Cc1nc(-c2ncc3c(n2)NC(=O)C3(C)c2ccc(F)cc2)cn2ncnc12. The predicted molar refractivity (Wildman–Crippen MR) is 112 cm³/mol. The van der Waals surface area contributed by atoms with Gasteiger partial charge in [0.05, 0.1) is 11.9 Å². The summed E-state index contributed by atoms with van der Waals surface area (Å²) in [5.41, 5.74) is 2.36. The lowest BCUT2D eigenvalue weighted by molar-refractivity contribution is -0.119. The maximum Gasteiger partial charge on any atom is 0.240 e. The van der Waals surface area contributed by atoms with Crippen molar-refractivity contribution in [1.29, 1.82) is 0 Å². The van der Waals surface area contributed by atoms with Crippen molar-refractivity contribution in [2.24, 2.45) is 5.92 Å². The third kappa shape index (κ3) is 3.04. The summed E-state index contributed by atoms with van der Waals surface area (Å²) < 4.78 is 15.1. The number of carbonyl (C=O) groups excluding carboxylic acids is 1. The minimum Gasteiger partial charge on any atom is -0.309 e. The number of anilines is 1. The van der Waals surface area contributed by atoms with Crippen molar-refractivity contribution in [3.05, 3.63) is 65.6 Å². The second-order valence-electron chi connectivity index (χ2n) is 8.24. The van der Waals surface area contributed by atoms with Gasteiger partial charge in [0.1, 0.15) is 29.1 Å². The van der Waals surface area contributed by atoms with Crippen LogP contribution in [-0.4, -0.2) is 35.5 Å². The molecule has 1 N–H and O–H groups in total. The van der Waals surface area contributed by atoms with Crippen LogP contribution in [0.1, 0.15) is 37.6 Å². The van der Waals surface area contributed by atoms with Crippen LogP contribution in [0.3, 0.4) is 0 Å². The van der Waals surface area contributed by atoms with Crippen molar-refractivity contribution >= 4 is 17.4 Å². The molecule has 9 heteroatoms. The monoisotopic (exact) mass is 417 g/mol. The maximum atomic E-state index is 13.4. The van der Waals surface area contributed by atoms with Crippen LogP contribution in [0.4, 0.5) is 10.2 Å². The first-order valence-electron chi connectivity index (χ1n) is 10.0. The summed E-state index contributed by atoms with van der Waals surface area (Å²) in [7, 11) is 0. The second kappa shape index (κ2) is 6.90. The van der Waals surface area contributed by atoms with E-state index in [4.69, 9.17) is 4.98 Å². The Kier molecular flexibility index (Phi) is 4.28. The van der Waals surface area contributed by atoms with Crippen molar-refractivity contribution < 1.29 is 9.18 Å². The molecule has 1 aliphatic heterocycles. The normalized spacial score (nSPS) is 17.9. The van der Waals surface area contributed by atoms with Crippen molar-refractivity contribution in [1.82, 2.24) is 29.5 Å². The zero-order chi connectivity index (χ0) is 21.8. The van der Waals surface area contributed by atoms with Gasteiger partial charge in [-0.05, 0) is 37.0 Å². The first kappa shape index (κ1) is 19.2. The van der Waals surface area contributed by atoms with Gasteiger partial charge < -0.3 is 5.32 Å². The van der Waals surface area contributed by atoms with Crippen molar-refractivity contribution in [3.63, 3.8) is 0 Å². The van der Waals surface area contributed by atoms with Gasteiger partial charge in [-0.15, -0.1) is 0 Å². The van der Waals surface area contributed by atoms with Crippen LogP contribution >= 0.6 is 0 Å². The highest BCUT2D eigenvalue weighted by Gasteiger charge is 2.45. The number of benzene rings is 1. The Bertz CT molecular complexity index is 1320. The molecule has 0 saturated heterocycles. The van der Waals surface area contributed by atoms with E-state index >= 15 is 0 Å². The Balaban J connectivity index is 1.60. The van der Waals surface area contributed by atoms with Crippen LogP contribution in [0.2, 0.25) is 0 Å². The fourth-order valence-corrected chi connectivity index (χ4v) is 3.91. The summed E-state index contributed by atoms with van der Waals surface area (Å²) in [6.45, 7) is 6.00. The zero-order valence-corrected chi connectivity index (χ0v) is 17.3. The Morgan fingerprint density at radius 3 is 2.68 bits per heavy atom. The topological polar surface area (TPSA) is 98.0 Å². The molecular weight excluding hydrogens is 397 g/mol. The lowest BCUT2D eigenvalue weighted by atomic mass is 9.78. The van der Waals surface area contributed by atoms with E-state index in [0.717, 1.165) is 12.1 Å². The molecule has 31 heavy (non-hydrogen) atoms. The molecular formula is C22H20FN7O. The van der Waals surface area contributed by atoms with Gasteiger partial charge in [-0.25, -0.2) is 28.8 Å². The molecule has 1 amide bonds. The van der Waals surface area contributed by atoms with E-state index in [2.05, 4.69) is 39.2 Å². The first-order chi connectivity index (χ1) is 14.9. The van der Waals surface area contributed by atoms with E-state index in [9.17, 15) is 9.18 Å². The number of halogens is 1. The van der Waals surface area contributed by atoms with Crippen LogP contribution in [0, 0.1) is 11.7 Å². The number of hydrogen-bond donors (Lipinski definition) is 1. The fourth-order valence-electron chi connectivity index (χ4n) is 3.91. The van der Waals surface area contributed by atoms with E-state index in [1.165, 1.54) is 18.5 Å². The van der Waals surface area contributed by atoms with Gasteiger partial charge in [0.25, 0.3) is 0 Å². The van der Waals surface area contributed by atoms with Crippen molar-refractivity contribution in [2.45, 2.75) is 32.6 Å². The molecule has 1 unspecified atom stereocenters. The second-order valence-corrected chi connectivity index (χ2v) is 8.24. The van der Waals surface area contributed by atoms with Crippen LogP contribution in [-0.2, 0) is 16.6 Å². The van der Waals surface area contributed by atoms with E-state index in [0.29, 0.717) is 40.0 Å². The summed E-state index contributed by atoms with van der Waals surface area (Å²) in [4.78, 5) is 31.0. The van der Waals surface area contributed by atoms with Gasteiger partial charge in [0.2, 0.25) is 5.91 Å². The van der Waals surface area contributed by atoms with Gasteiger partial charge in [-0.1, -0.05) is 26.0 Å². The maximum absolute atomic E-state index is 13.4. The van der Waals surface area contributed by atoms with E-state index in [-0.39, 0.29) is 11.7 Å². The zero-order valence-electron chi connectivity index (χ0n) is 17.3. The molecule has 0 aliphatic carbocycles. The standard InChI is InChI=1S/C22H20FN7O/c1-12(2)8-16-20-25-11-26-30(20)10-17(27-16)19-24-9-15-18(28-19)29-21(31)22(15,3)13-4-6-14(23)7-5-13/h4-7,9-12H,8H2,1-3H3,(H,24,28,29,31). The van der Waals surface area contributed by atoms with E-state index in [1.807, 2.05) is 0 Å². The van der Waals surface area contributed by atoms with E-state index in [1.54, 1.807) is 36.0 Å². The molecule has 0 spiro atoms. The quantitative estimate of drug-likeness (QED) is 0.548. The van der Waals surface area contributed by atoms with Gasteiger partial charge in [-0.2, -0.15) is 5.10 Å². The number of fused-ring (bicyclic) bond motifs is 2. The fraction of sp³-hybridized carbons (Fsp3) is 0.273. The van der Waals surface area contributed by atoms with Crippen LogP contribution < -0.4 is 5.32 Å². The average Bonchev–Trinajstić information content (AvgIpc) is 3.31. The van der Waals surface area contributed by atoms with E-state index < -0.39 is 5.41 Å². The number of aromatic nitrogens is 6. The summed E-state index contributed by atoms with van der Waals surface area (Å²) in [6.07, 6.45) is 5.58. The third-order valence-corrected chi connectivity index (χ3v) is 5.60. The molecule has 156 valence electrons. The molecule has 4 heterocycles. The average molecular weight is 417 g/mol. The molecule has 0 fully saturated rings. The van der Waals surface area contributed by atoms with Crippen molar-refractivity contribution in [3.8, 4) is 11.5 Å². The highest BCUT2D eigenvalue weighted by atomic mass is 19.1. The number of carbonyl (C=O) groups is 1. The van der Waals surface area contributed by atoms with Crippen LogP contribution in [0.15, 0.2) is 43.0 Å². The van der Waals surface area contributed by atoms with Crippen molar-refractivity contribution in [2.75, 3.05) is 5.32 Å². The molecule has 3 aromatic heterocycles. The molecule has 1 aromatic carbocycles. The molecule has 5 rings (SSSR count). The Morgan fingerprint density at radius 1 is 1.16 bits per heavy atom. The molecule has 0 saturated carbocycles. The largest absolute Gasteiger partial charge is 0.309 e. The molecule has 8 nitrogen and oxygen atoms in total. The van der Waals surface area contributed by atoms with Gasteiger partial charge in [0.15, 0.2) is 11.5 Å². The third-order valence-electron chi connectivity index (χ3n) is 5.60. The molecule has 0 bridgehead atoms. The Labute approximate surface area is 177 Å². The minimum absolute atomic E-state index is 0.235. The highest BCUT2D eigenvalue weighted by Crippen LogP contribution is 2.41. The Morgan fingerprint density at radius 2 is 1.94 bits per heavy atom. The summed E-state index contributed by atoms with van der Waals surface area (Å²) in [6, 6.07) is 5.90. The highest BCUT2D eigenvalue weighted by molar-refractivity contribution is 6.07. The van der Waals surface area contributed by atoms with Gasteiger partial charge in [0, 0.05) is 11.8 Å². The van der Waals surface area contributed by atoms with Gasteiger partial charge >= 0.3 is 0 Å². The molecule has 1 aliphatic rings.